The van der Waals surface area contributed by atoms with Crippen LogP contribution in [-0.2, 0) is 14.4 Å². The molecule has 0 aliphatic rings. The molecule has 0 fully saturated rings. The predicted octanol–water partition coefficient (Wildman–Crippen LogP) is 4.75. The smallest absolute Gasteiger partial charge is 0.217 e. The van der Waals surface area contributed by atoms with E-state index in [2.05, 4.69) is 5.32 Å². The van der Waals surface area contributed by atoms with E-state index in [4.69, 9.17) is 9.47 Å². The molecule has 40 heavy (non-hydrogen) atoms. The highest BCUT2D eigenvalue weighted by atomic mass is 19.2. The number of hydrogen-bond donors (Lipinski definition) is 3. The number of carbonyl (C=O) groups is 3. The van der Waals surface area contributed by atoms with E-state index in [1.165, 1.54) is 68.8 Å². The maximum atomic E-state index is 14.1. The molecule has 0 saturated carbocycles. The van der Waals surface area contributed by atoms with Crippen LogP contribution in [0.15, 0.2) is 66.7 Å². The van der Waals surface area contributed by atoms with Crippen molar-refractivity contribution in [1.82, 2.24) is 5.32 Å². The number of aromatic hydroxyl groups is 2. The molecule has 10 heteroatoms. The zero-order chi connectivity index (χ0) is 29.4. The second-order valence-corrected chi connectivity index (χ2v) is 8.66. The lowest BCUT2D eigenvalue weighted by atomic mass is 9.85. The lowest BCUT2D eigenvalue weighted by Gasteiger charge is -2.25. The van der Waals surface area contributed by atoms with Gasteiger partial charge in [0, 0.05) is 6.92 Å². The summed E-state index contributed by atoms with van der Waals surface area (Å²) in [4.78, 5) is 39.1. The van der Waals surface area contributed by atoms with Gasteiger partial charge in [-0.05, 0) is 65.2 Å². The van der Waals surface area contributed by atoms with Crippen LogP contribution in [0.1, 0.15) is 29.7 Å². The average molecular weight is 552 g/mol. The molecule has 3 aromatic carbocycles. The Hall–Kier alpha value is -4.99. The summed E-state index contributed by atoms with van der Waals surface area (Å²) in [7, 11) is 2.72. The van der Waals surface area contributed by atoms with E-state index >= 15 is 0 Å². The number of ether oxygens (including phenoxy) is 2. The zero-order valence-corrected chi connectivity index (χ0v) is 21.9. The molecule has 208 valence electrons. The lowest BCUT2D eigenvalue weighted by Crippen LogP contribution is -2.39. The Kier molecular flexibility index (Phi) is 9.75. The van der Waals surface area contributed by atoms with E-state index in [-0.39, 0.29) is 28.6 Å². The number of allylic oxidation sites excluding steroid dienone is 2. The largest absolute Gasteiger partial charge is 0.504 e. The van der Waals surface area contributed by atoms with Gasteiger partial charge in [0.2, 0.25) is 5.91 Å². The fraction of sp³-hybridized carbons (Fsp3) is 0.167. The van der Waals surface area contributed by atoms with Crippen LogP contribution in [-0.4, -0.2) is 41.9 Å². The van der Waals surface area contributed by atoms with Gasteiger partial charge in [0.1, 0.15) is 5.92 Å². The van der Waals surface area contributed by atoms with Crippen molar-refractivity contribution in [1.29, 1.82) is 0 Å². The molecule has 0 radical (unpaired) electrons. The summed E-state index contributed by atoms with van der Waals surface area (Å²) < 4.78 is 37.9. The minimum absolute atomic E-state index is 0.000190. The van der Waals surface area contributed by atoms with Crippen molar-refractivity contribution in [3.05, 3.63) is 95.1 Å². The Morgan fingerprint density at radius 1 is 0.775 bits per heavy atom. The first-order valence-corrected chi connectivity index (χ1v) is 11.9. The van der Waals surface area contributed by atoms with Crippen LogP contribution in [0, 0.1) is 17.6 Å². The molecule has 0 aliphatic carbocycles. The molecular weight excluding hydrogens is 524 g/mol. The summed E-state index contributed by atoms with van der Waals surface area (Å²) in [5.41, 5.74) is 0.926. The minimum atomic E-state index is -1.57. The van der Waals surface area contributed by atoms with Gasteiger partial charge in [0.15, 0.2) is 46.2 Å². The van der Waals surface area contributed by atoms with Crippen LogP contribution in [0.5, 0.6) is 23.0 Å². The Morgan fingerprint density at radius 2 is 1.27 bits per heavy atom. The van der Waals surface area contributed by atoms with E-state index < -0.39 is 41.1 Å². The molecule has 0 heterocycles. The van der Waals surface area contributed by atoms with Gasteiger partial charge in [-0.1, -0.05) is 30.4 Å². The lowest BCUT2D eigenvalue weighted by molar-refractivity contribution is -0.129. The number of hydrogen-bond acceptors (Lipinski definition) is 7. The van der Waals surface area contributed by atoms with Crippen molar-refractivity contribution >= 4 is 29.6 Å². The molecule has 1 atom stereocenters. The highest BCUT2D eigenvalue weighted by Gasteiger charge is 2.34. The molecule has 1 unspecified atom stereocenters. The van der Waals surface area contributed by atoms with Crippen molar-refractivity contribution in [2.75, 3.05) is 14.2 Å². The molecule has 0 spiro atoms. The number of rotatable bonds is 11. The van der Waals surface area contributed by atoms with Gasteiger partial charge in [0.05, 0.1) is 20.3 Å². The van der Waals surface area contributed by atoms with Crippen molar-refractivity contribution in [2.24, 2.45) is 5.92 Å². The Morgan fingerprint density at radius 3 is 1.70 bits per heavy atom. The third-order valence-electron chi connectivity index (χ3n) is 5.90. The van der Waals surface area contributed by atoms with E-state index in [0.717, 1.165) is 31.2 Å². The number of phenols is 2. The zero-order valence-electron chi connectivity index (χ0n) is 21.9. The van der Waals surface area contributed by atoms with Crippen molar-refractivity contribution in [2.45, 2.75) is 13.0 Å². The van der Waals surface area contributed by atoms with Crippen LogP contribution in [0.2, 0.25) is 0 Å². The molecule has 3 rings (SSSR count). The van der Waals surface area contributed by atoms with Crippen LogP contribution in [0.4, 0.5) is 8.78 Å². The molecule has 1 amide bonds. The second-order valence-electron chi connectivity index (χ2n) is 8.66. The molecule has 0 saturated heterocycles. The summed E-state index contributed by atoms with van der Waals surface area (Å²) in [6.45, 7) is 1.16. The summed E-state index contributed by atoms with van der Waals surface area (Å²) in [5.74, 6) is -5.93. The van der Waals surface area contributed by atoms with Crippen molar-refractivity contribution < 1.29 is 42.9 Å². The van der Waals surface area contributed by atoms with Gasteiger partial charge < -0.3 is 25.0 Å². The number of amides is 1. The number of carbonyl (C=O) groups excluding carboxylic acids is 3. The standard InChI is InChI=1S/C30H27F2NO7/c1-17(34)33-30(20-8-9-21(31)22(32)16-20)29(25(37)12-6-18-4-10-23(35)27(14-18)39-2)26(38)13-7-19-5-11-24(36)28(15-19)40-3/h4-16,29-30,35-36H,1-3H3,(H,33,34). The van der Waals surface area contributed by atoms with E-state index in [0.29, 0.717) is 11.1 Å². The van der Waals surface area contributed by atoms with Crippen LogP contribution in [0.3, 0.4) is 0 Å². The summed E-state index contributed by atoms with van der Waals surface area (Å²) in [6.07, 6.45) is 4.99. The normalized spacial score (nSPS) is 12.7. The SMILES string of the molecule is COc1cc(C=CC(=O)C(C(=O)C=Cc2ccc(O)c(OC)c2)C(NC(C)=O)c2ccc(F)c(F)c2)ccc1O. The highest BCUT2D eigenvalue weighted by Crippen LogP contribution is 2.30. The van der Waals surface area contributed by atoms with Crippen LogP contribution in [0.25, 0.3) is 12.2 Å². The summed E-state index contributed by atoms with van der Waals surface area (Å²) in [5, 5.41) is 22.1. The fourth-order valence-corrected chi connectivity index (χ4v) is 3.91. The molecule has 0 aromatic heterocycles. The maximum absolute atomic E-state index is 14.1. The van der Waals surface area contributed by atoms with Gasteiger partial charge in [-0.3, -0.25) is 14.4 Å². The van der Waals surface area contributed by atoms with Gasteiger partial charge in [-0.25, -0.2) is 8.78 Å². The Labute approximate surface area is 229 Å². The molecule has 0 bridgehead atoms. The first kappa shape index (κ1) is 29.6. The molecular formula is C30H27F2NO7. The van der Waals surface area contributed by atoms with Gasteiger partial charge in [-0.2, -0.15) is 0 Å². The number of ketones is 2. The van der Waals surface area contributed by atoms with Gasteiger partial charge in [-0.15, -0.1) is 0 Å². The number of methoxy groups -OCH3 is 2. The van der Waals surface area contributed by atoms with Gasteiger partial charge in [0.25, 0.3) is 0 Å². The molecule has 0 aliphatic heterocycles. The number of benzene rings is 3. The Bertz CT molecular complexity index is 1410. The highest BCUT2D eigenvalue weighted by molar-refractivity contribution is 6.14. The first-order valence-electron chi connectivity index (χ1n) is 11.9. The number of nitrogens with one attached hydrogen (secondary N) is 1. The maximum Gasteiger partial charge on any atom is 0.217 e. The number of phenolic OH excluding ortho intramolecular Hbond substituents is 2. The van der Waals surface area contributed by atoms with E-state index in [1.807, 2.05) is 0 Å². The predicted molar refractivity (Wildman–Crippen MR) is 144 cm³/mol. The Balaban J connectivity index is 2.05. The third kappa shape index (κ3) is 7.31. The second kappa shape index (κ2) is 13.2. The monoisotopic (exact) mass is 551 g/mol. The number of halogens is 2. The average Bonchev–Trinajstić information content (AvgIpc) is 2.93. The molecule has 3 N–H and O–H groups in total. The van der Waals surface area contributed by atoms with E-state index in [9.17, 15) is 33.4 Å². The topological polar surface area (TPSA) is 122 Å². The quantitative estimate of drug-likeness (QED) is 0.232. The van der Waals surface area contributed by atoms with Gasteiger partial charge >= 0.3 is 0 Å². The van der Waals surface area contributed by atoms with Crippen LogP contribution >= 0.6 is 0 Å². The minimum Gasteiger partial charge on any atom is -0.504 e. The summed E-state index contributed by atoms with van der Waals surface area (Å²) in [6, 6.07) is 10.2. The van der Waals surface area contributed by atoms with Crippen molar-refractivity contribution in [3.63, 3.8) is 0 Å². The third-order valence-corrected chi connectivity index (χ3v) is 5.90. The van der Waals surface area contributed by atoms with Crippen molar-refractivity contribution in [3.8, 4) is 23.0 Å². The molecule has 8 nitrogen and oxygen atoms in total. The van der Waals surface area contributed by atoms with E-state index in [1.54, 1.807) is 0 Å². The molecule has 3 aromatic rings. The fourth-order valence-electron chi connectivity index (χ4n) is 3.91. The first-order chi connectivity index (χ1) is 19.0. The van der Waals surface area contributed by atoms with Crippen LogP contribution < -0.4 is 14.8 Å². The summed E-state index contributed by atoms with van der Waals surface area (Å²) >= 11 is 0.